The van der Waals surface area contributed by atoms with Crippen molar-refractivity contribution >= 4 is 12.2 Å². The Hall–Kier alpha value is -2.83. The number of carbonyl (C=O) groups is 1. The summed E-state index contributed by atoms with van der Waals surface area (Å²) in [7, 11) is 0. The molecule has 2 aromatic carbocycles. The Morgan fingerprint density at radius 3 is 2.61 bits per heavy atom. The van der Waals surface area contributed by atoms with Crippen LogP contribution in [0.3, 0.4) is 0 Å². The van der Waals surface area contributed by atoms with Gasteiger partial charge in [-0.15, -0.1) is 0 Å². The number of oxime groups is 1. The van der Waals surface area contributed by atoms with Crippen molar-refractivity contribution in [3.05, 3.63) is 70.8 Å². The molecule has 23 heavy (non-hydrogen) atoms. The maximum absolute atomic E-state index is 12.6. The summed E-state index contributed by atoms with van der Waals surface area (Å²) in [5.41, 5.74) is -0.0646. The zero-order valence-corrected chi connectivity index (χ0v) is 11.7. The Labute approximate surface area is 129 Å². The zero-order chi connectivity index (χ0) is 16.9. The van der Waals surface area contributed by atoms with Crippen molar-refractivity contribution in [2.75, 3.05) is 0 Å². The smallest absolute Gasteiger partial charge is 0.416 e. The first-order chi connectivity index (χ1) is 10.9. The van der Waals surface area contributed by atoms with Crippen molar-refractivity contribution in [2.45, 2.75) is 12.8 Å². The van der Waals surface area contributed by atoms with Gasteiger partial charge in [-0.1, -0.05) is 35.5 Å². The molecule has 0 bridgehead atoms. The number of aromatic carboxylic acids is 1. The number of halogens is 3. The van der Waals surface area contributed by atoms with Crippen molar-refractivity contribution in [3.63, 3.8) is 0 Å². The highest BCUT2D eigenvalue weighted by atomic mass is 19.4. The summed E-state index contributed by atoms with van der Waals surface area (Å²) in [6.45, 7) is -0.157. The molecule has 1 N–H and O–H groups in total. The predicted octanol–water partition coefficient (Wildman–Crippen LogP) is 3.95. The van der Waals surface area contributed by atoms with E-state index in [1.54, 1.807) is 18.2 Å². The number of benzene rings is 2. The zero-order valence-electron chi connectivity index (χ0n) is 11.7. The van der Waals surface area contributed by atoms with Crippen LogP contribution < -0.4 is 0 Å². The molecule has 0 saturated carbocycles. The third-order valence-corrected chi connectivity index (χ3v) is 2.94. The van der Waals surface area contributed by atoms with Gasteiger partial charge in [-0.05, 0) is 23.8 Å². The number of alkyl halides is 3. The molecule has 0 aliphatic heterocycles. The van der Waals surface area contributed by atoms with Crippen LogP contribution in [0.5, 0.6) is 0 Å². The van der Waals surface area contributed by atoms with Gasteiger partial charge < -0.3 is 9.94 Å². The molecule has 2 rings (SSSR count). The van der Waals surface area contributed by atoms with Crippen LogP contribution in [-0.2, 0) is 17.6 Å². The lowest BCUT2D eigenvalue weighted by atomic mass is 10.1. The van der Waals surface area contributed by atoms with E-state index < -0.39 is 17.7 Å². The van der Waals surface area contributed by atoms with Gasteiger partial charge in [0, 0.05) is 5.56 Å². The molecule has 0 aliphatic carbocycles. The second kappa shape index (κ2) is 6.95. The van der Waals surface area contributed by atoms with Gasteiger partial charge in [-0.25, -0.2) is 4.79 Å². The van der Waals surface area contributed by atoms with E-state index in [0.29, 0.717) is 11.1 Å². The third kappa shape index (κ3) is 4.57. The first-order valence-corrected chi connectivity index (χ1v) is 6.52. The van der Waals surface area contributed by atoms with Gasteiger partial charge in [0.05, 0.1) is 17.3 Å². The molecule has 0 amide bonds. The fraction of sp³-hybridized carbons (Fsp3) is 0.125. The SMILES string of the molecule is O=C(O)c1ccccc1/C=N/OCc1cccc(C(F)(F)F)c1. The molecule has 0 fully saturated rings. The highest BCUT2D eigenvalue weighted by Crippen LogP contribution is 2.29. The van der Waals surface area contributed by atoms with Crippen LogP contribution in [-0.4, -0.2) is 17.3 Å². The Balaban J connectivity index is 2.02. The lowest BCUT2D eigenvalue weighted by molar-refractivity contribution is -0.137. The second-order valence-electron chi connectivity index (χ2n) is 4.60. The average molecular weight is 323 g/mol. The summed E-state index contributed by atoms with van der Waals surface area (Å²) in [4.78, 5) is 15.9. The van der Waals surface area contributed by atoms with Crippen LogP contribution in [0.15, 0.2) is 53.7 Å². The normalized spacial score (nSPS) is 11.6. The molecule has 0 heterocycles. The van der Waals surface area contributed by atoms with E-state index in [9.17, 15) is 18.0 Å². The topological polar surface area (TPSA) is 58.9 Å². The fourth-order valence-corrected chi connectivity index (χ4v) is 1.85. The summed E-state index contributed by atoms with van der Waals surface area (Å²) in [6.07, 6.45) is -3.21. The molecule has 120 valence electrons. The van der Waals surface area contributed by atoms with E-state index in [-0.39, 0.29) is 12.2 Å². The van der Waals surface area contributed by atoms with Crippen LogP contribution in [0.1, 0.15) is 27.0 Å². The molecule has 0 radical (unpaired) electrons. The van der Waals surface area contributed by atoms with Gasteiger partial charge in [0.1, 0.15) is 6.61 Å². The highest BCUT2D eigenvalue weighted by Gasteiger charge is 2.30. The van der Waals surface area contributed by atoms with Crippen molar-refractivity contribution in [2.24, 2.45) is 5.16 Å². The number of hydrogen-bond donors (Lipinski definition) is 1. The molecule has 0 saturated heterocycles. The Morgan fingerprint density at radius 2 is 1.91 bits per heavy atom. The number of nitrogens with zero attached hydrogens (tertiary/aromatic N) is 1. The number of carboxylic acid groups (broad SMARTS) is 1. The van der Waals surface area contributed by atoms with Crippen molar-refractivity contribution < 1.29 is 27.9 Å². The van der Waals surface area contributed by atoms with Crippen molar-refractivity contribution in [3.8, 4) is 0 Å². The monoisotopic (exact) mass is 323 g/mol. The Bertz CT molecular complexity index is 727. The largest absolute Gasteiger partial charge is 0.478 e. The van der Waals surface area contributed by atoms with E-state index >= 15 is 0 Å². The van der Waals surface area contributed by atoms with Gasteiger partial charge in [0.15, 0.2) is 0 Å². The second-order valence-corrected chi connectivity index (χ2v) is 4.60. The number of hydrogen-bond acceptors (Lipinski definition) is 3. The summed E-state index contributed by atoms with van der Waals surface area (Å²) < 4.78 is 37.7. The van der Waals surface area contributed by atoms with Crippen LogP contribution in [0.4, 0.5) is 13.2 Å². The Kier molecular flexibility index (Phi) is 5.00. The molecular weight excluding hydrogens is 311 g/mol. The minimum atomic E-state index is -4.42. The summed E-state index contributed by atoms with van der Waals surface area (Å²) in [5, 5.41) is 12.6. The lowest BCUT2D eigenvalue weighted by Gasteiger charge is -2.08. The number of carboxylic acids is 1. The van der Waals surface area contributed by atoms with Crippen LogP contribution >= 0.6 is 0 Å². The molecule has 2 aromatic rings. The van der Waals surface area contributed by atoms with Crippen molar-refractivity contribution in [1.82, 2.24) is 0 Å². The molecule has 0 aliphatic rings. The van der Waals surface area contributed by atoms with Crippen LogP contribution in [0.25, 0.3) is 0 Å². The van der Waals surface area contributed by atoms with E-state index in [2.05, 4.69) is 5.16 Å². The standard InChI is InChI=1S/C16H12F3NO3/c17-16(18,19)13-6-3-4-11(8-13)10-23-20-9-12-5-1-2-7-14(12)15(21)22/h1-9H,10H2,(H,21,22)/b20-9+. The quantitative estimate of drug-likeness (QED) is 0.669. The molecule has 7 heteroatoms. The van der Waals surface area contributed by atoms with Gasteiger partial charge >= 0.3 is 12.1 Å². The minimum Gasteiger partial charge on any atom is -0.478 e. The van der Waals surface area contributed by atoms with Gasteiger partial charge in [0.2, 0.25) is 0 Å². The fourth-order valence-electron chi connectivity index (χ4n) is 1.85. The van der Waals surface area contributed by atoms with E-state index in [0.717, 1.165) is 12.1 Å². The Morgan fingerprint density at radius 1 is 1.17 bits per heavy atom. The van der Waals surface area contributed by atoms with E-state index in [1.807, 2.05) is 0 Å². The van der Waals surface area contributed by atoms with Crippen molar-refractivity contribution in [1.29, 1.82) is 0 Å². The summed E-state index contributed by atoms with van der Waals surface area (Å²) >= 11 is 0. The van der Waals surface area contributed by atoms with Gasteiger partial charge in [-0.2, -0.15) is 13.2 Å². The highest BCUT2D eigenvalue weighted by molar-refractivity contribution is 5.98. The van der Waals surface area contributed by atoms with Crippen LogP contribution in [0, 0.1) is 0 Å². The first kappa shape index (κ1) is 16.5. The van der Waals surface area contributed by atoms with Gasteiger partial charge in [-0.3, -0.25) is 0 Å². The molecule has 0 atom stereocenters. The summed E-state index contributed by atoms with van der Waals surface area (Å²) in [5.74, 6) is -1.11. The first-order valence-electron chi connectivity index (χ1n) is 6.52. The van der Waals surface area contributed by atoms with Gasteiger partial charge in [0.25, 0.3) is 0 Å². The molecule has 4 nitrogen and oxygen atoms in total. The third-order valence-electron chi connectivity index (χ3n) is 2.94. The molecule has 0 aromatic heterocycles. The number of rotatable bonds is 5. The molecule has 0 unspecified atom stereocenters. The molecule has 0 spiro atoms. The lowest BCUT2D eigenvalue weighted by Crippen LogP contribution is -2.05. The summed E-state index contributed by atoms with van der Waals surface area (Å²) in [6, 6.07) is 10.9. The maximum atomic E-state index is 12.6. The average Bonchev–Trinajstić information content (AvgIpc) is 2.51. The predicted molar refractivity (Wildman–Crippen MR) is 77.2 cm³/mol. The maximum Gasteiger partial charge on any atom is 0.416 e. The molecular formula is C16H12F3NO3. The minimum absolute atomic E-state index is 0.0546. The van der Waals surface area contributed by atoms with Crippen LogP contribution in [0.2, 0.25) is 0 Å². The van der Waals surface area contributed by atoms with E-state index in [1.165, 1.54) is 24.4 Å². The van der Waals surface area contributed by atoms with E-state index in [4.69, 9.17) is 9.94 Å².